The number of aliphatic hydroxyl groups is 1. The second-order valence-corrected chi connectivity index (χ2v) is 5.21. The molecule has 0 amide bonds. The first-order valence-corrected chi connectivity index (χ1v) is 5.94. The zero-order chi connectivity index (χ0) is 12.0. The maximum Gasteiger partial charge on any atom is 0.191 e. The highest BCUT2D eigenvalue weighted by Crippen LogP contribution is 2.44. The Morgan fingerprint density at radius 2 is 2.29 bits per heavy atom. The lowest BCUT2D eigenvalue weighted by Gasteiger charge is -2.39. The third-order valence-electron chi connectivity index (χ3n) is 2.97. The summed E-state index contributed by atoms with van der Waals surface area (Å²) in [5, 5.41) is 19.4. The van der Waals surface area contributed by atoms with E-state index in [2.05, 4.69) is 21.0 Å². The van der Waals surface area contributed by atoms with E-state index in [0.717, 1.165) is 0 Å². The molecule has 0 saturated heterocycles. The molecule has 2 aromatic rings. The normalized spacial score (nSPS) is 27.6. The number of anilines is 1. The number of aromatic nitrogens is 3. The standard InChI is InChI=1S/C10H9N5OS/c11-3-5-1-10(16,2-5)6-4-13-7-8(14-6)17-9(12)15-7/h4-5,16H,1-2H2,(H2,12,13,15). The number of nitrogens with zero attached hydrogens (tertiary/aromatic N) is 4. The molecular weight excluding hydrogens is 238 g/mol. The Morgan fingerprint density at radius 3 is 3.00 bits per heavy atom. The maximum atomic E-state index is 10.2. The first-order chi connectivity index (χ1) is 8.10. The van der Waals surface area contributed by atoms with Crippen LogP contribution in [-0.4, -0.2) is 20.1 Å². The van der Waals surface area contributed by atoms with Crippen molar-refractivity contribution in [3.8, 4) is 6.07 Å². The van der Waals surface area contributed by atoms with Gasteiger partial charge >= 0.3 is 0 Å². The van der Waals surface area contributed by atoms with Crippen LogP contribution < -0.4 is 5.73 Å². The lowest BCUT2D eigenvalue weighted by Crippen LogP contribution is -2.41. The molecule has 0 atom stereocenters. The number of hydrogen-bond acceptors (Lipinski definition) is 7. The zero-order valence-corrected chi connectivity index (χ0v) is 9.61. The fourth-order valence-electron chi connectivity index (χ4n) is 2.02. The molecule has 0 aromatic carbocycles. The average Bonchev–Trinajstić information content (AvgIpc) is 2.63. The van der Waals surface area contributed by atoms with E-state index in [0.29, 0.717) is 34.1 Å². The molecule has 3 rings (SSSR count). The molecule has 17 heavy (non-hydrogen) atoms. The molecule has 6 nitrogen and oxygen atoms in total. The van der Waals surface area contributed by atoms with Gasteiger partial charge in [-0.25, -0.2) is 9.97 Å². The SMILES string of the molecule is N#CC1CC(O)(c2cnc3nc(N)sc3n2)C1. The van der Waals surface area contributed by atoms with E-state index in [-0.39, 0.29) is 5.92 Å². The van der Waals surface area contributed by atoms with E-state index in [9.17, 15) is 5.11 Å². The molecule has 0 aliphatic heterocycles. The molecule has 0 bridgehead atoms. The van der Waals surface area contributed by atoms with Crippen LogP contribution in [0.2, 0.25) is 0 Å². The van der Waals surface area contributed by atoms with E-state index in [1.54, 1.807) is 0 Å². The summed E-state index contributed by atoms with van der Waals surface area (Å²) >= 11 is 1.24. The van der Waals surface area contributed by atoms with Gasteiger partial charge in [-0.15, -0.1) is 0 Å². The van der Waals surface area contributed by atoms with Crippen LogP contribution in [0, 0.1) is 17.2 Å². The average molecular weight is 247 g/mol. The lowest BCUT2D eigenvalue weighted by atomic mass is 9.70. The third-order valence-corrected chi connectivity index (χ3v) is 3.73. The number of hydrogen-bond donors (Lipinski definition) is 2. The summed E-state index contributed by atoms with van der Waals surface area (Å²) in [4.78, 5) is 13.0. The minimum absolute atomic E-state index is 0.0935. The van der Waals surface area contributed by atoms with Gasteiger partial charge in [0.05, 0.1) is 23.9 Å². The first-order valence-electron chi connectivity index (χ1n) is 5.12. The van der Waals surface area contributed by atoms with Gasteiger partial charge in [-0.05, 0) is 12.8 Å². The Balaban J connectivity index is 1.99. The van der Waals surface area contributed by atoms with Gasteiger partial charge in [0.25, 0.3) is 0 Å². The van der Waals surface area contributed by atoms with Crippen molar-refractivity contribution in [1.29, 1.82) is 5.26 Å². The van der Waals surface area contributed by atoms with Crippen LogP contribution in [0.25, 0.3) is 10.5 Å². The van der Waals surface area contributed by atoms with Crippen molar-refractivity contribution < 1.29 is 5.11 Å². The summed E-state index contributed by atoms with van der Waals surface area (Å²) in [5.41, 5.74) is 5.54. The van der Waals surface area contributed by atoms with Gasteiger partial charge in [0.15, 0.2) is 15.6 Å². The molecule has 86 valence electrons. The maximum absolute atomic E-state index is 10.2. The van der Waals surface area contributed by atoms with Crippen molar-refractivity contribution >= 4 is 26.9 Å². The third kappa shape index (κ3) is 1.53. The zero-order valence-electron chi connectivity index (χ0n) is 8.79. The number of nitrogen functional groups attached to an aromatic ring is 1. The topological polar surface area (TPSA) is 109 Å². The van der Waals surface area contributed by atoms with Crippen molar-refractivity contribution in [3.63, 3.8) is 0 Å². The molecule has 2 aromatic heterocycles. The van der Waals surface area contributed by atoms with Gasteiger partial charge in [0, 0.05) is 0 Å². The van der Waals surface area contributed by atoms with Crippen LogP contribution >= 0.6 is 11.3 Å². The number of rotatable bonds is 1. The Bertz CT molecular complexity index is 625. The van der Waals surface area contributed by atoms with Gasteiger partial charge in [-0.3, -0.25) is 0 Å². The van der Waals surface area contributed by atoms with Crippen LogP contribution in [0.1, 0.15) is 18.5 Å². The summed E-state index contributed by atoms with van der Waals surface area (Å²) < 4.78 is 0. The van der Waals surface area contributed by atoms with Crippen LogP contribution in [0.15, 0.2) is 6.20 Å². The fraction of sp³-hybridized carbons (Fsp3) is 0.400. The van der Waals surface area contributed by atoms with Crippen LogP contribution in [0.5, 0.6) is 0 Å². The Morgan fingerprint density at radius 1 is 1.53 bits per heavy atom. The van der Waals surface area contributed by atoms with Crippen molar-refractivity contribution in [3.05, 3.63) is 11.9 Å². The molecule has 1 fully saturated rings. The smallest absolute Gasteiger partial charge is 0.191 e. The number of fused-ring (bicyclic) bond motifs is 1. The molecule has 1 aliphatic rings. The highest BCUT2D eigenvalue weighted by molar-refractivity contribution is 7.21. The molecule has 3 N–H and O–H groups in total. The van der Waals surface area contributed by atoms with E-state index in [1.807, 2.05) is 0 Å². The lowest BCUT2D eigenvalue weighted by molar-refractivity contribution is -0.0663. The molecule has 1 saturated carbocycles. The first kappa shape index (κ1) is 10.4. The van der Waals surface area contributed by atoms with Gasteiger partial charge in [-0.2, -0.15) is 10.2 Å². The monoisotopic (exact) mass is 247 g/mol. The van der Waals surface area contributed by atoms with Crippen LogP contribution in [-0.2, 0) is 5.60 Å². The summed E-state index contributed by atoms with van der Waals surface area (Å²) in [6.07, 6.45) is 2.34. The van der Waals surface area contributed by atoms with Crippen molar-refractivity contribution in [2.45, 2.75) is 18.4 Å². The molecule has 0 unspecified atom stereocenters. The number of thiazole rings is 1. The van der Waals surface area contributed by atoms with E-state index < -0.39 is 5.60 Å². The quantitative estimate of drug-likeness (QED) is 0.771. The molecule has 0 radical (unpaired) electrons. The van der Waals surface area contributed by atoms with Crippen LogP contribution in [0.3, 0.4) is 0 Å². The minimum atomic E-state index is -1.01. The van der Waals surface area contributed by atoms with Crippen molar-refractivity contribution in [1.82, 2.24) is 15.0 Å². The molecule has 0 spiro atoms. The predicted octanol–water partition coefficient (Wildman–Crippen LogP) is 0.790. The number of nitrogens with two attached hydrogens (primary N) is 1. The second kappa shape index (κ2) is 3.35. The minimum Gasteiger partial charge on any atom is -0.383 e. The Kier molecular flexibility index (Phi) is 2.05. The van der Waals surface area contributed by atoms with E-state index in [1.165, 1.54) is 17.5 Å². The van der Waals surface area contributed by atoms with Gasteiger partial charge in [0.2, 0.25) is 0 Å². The van der Waals surface area contributed by atoms with Crippen molar-refractivity contribution in [2.24, 2.45) is 5.92 Å². The molecule has 7 heteroatoms. The van der Waals surface area contributed by atoms with Crippen LogP contribution in [0.4, 0.5) is 5.13 Å². The largest absolute Gasteiger partial charge is 0.383 e. The highest BCUT2D eigenvalue weighted by Gasteiger charge is 2.45. The molecular formula is C10H9N5OS. The van der Waals surface area contributed by atoms with Gasteiger partial charge in [-0.1, -0.05) is 11.3 Å². The summed E-state index contributed by atoms with van der Waals surface area (Å²) in [5.74, 6) is -0.0935. The molecule has 1 aliphatic carbocycles. The second-order valence-electron chi connectivity index (χ2n) is 4.20. The summed E-state index contributed by atoms with van der Waals surface area (Å²) in [6, 6.07) is 2.13. The summed E-state index contributed by atoms with van der Waals surface area (Å²) in [6.45, 7) is 0. The van der Waals surface area contributed by atoms with E-state index in [4.69, 9.17) is 11.0 Å². The number of nitriles is 1. The van der Waals surface area contributed by atoms with E-state index >= 15 is 0 Å². The Labute approximate surface area is 101 Å². The Hall–Kier alpha value is -1.78. The van der Waals surface area contributed by atoms with Crippen molar-refractivity contribution in [2.75, 3.05) is 5.73 Å². The summed E-state index contributed by atoms with van der Waals surface area (Å²) in [7, 11) is 0. The predicted molar refractivity (Wildman–Crippen MR) is 61.9 cm³/mol. The van der Waals surface area contributed by atoms with Gasteiger partial charge < -0.3 is 10.8 Å². The molecule has 2 heterocycles. The fourth-order valence-corrected chi connectivity index (χ4v) is 2.68. The van der Waals surface area contributed by atoms with Gasteiger partial charge in [0.1, 0.15) is 5.60 Å². The highest BCUT2D eigenvalue weighted by atomic mass is 32.1.